The first-order chi connectivity index (χ1) is 9.70. The van der Waals surface area contributed by atoms with Crippen LogP contribution in [0, 0.1) is 17.3 Å². The Hall–Kier alpha value is -0.830. The fourth-order valence-electron chi connectivity index (χ4n) is 4.80. The molecule has 1 aromatic heterocycles. The third-order valence-corrected chi connectivity index (χ3v) is 6.02. The van der Waals surface area contributed by atoms with Crippen molar-refractivity contribution in [3.63, 3.8) is 0 Å². The van der Waals surface area contributed by atoms with Crippen LogP contribution in [-0.4, -0.2) is 16.3 Å². The summed E-state index contributed by atoms with van der Waals surface area (Å²) in [6.45, 7) is 5.33. The Morgan fingerprint density at radius 2 is 2.20 bits per heavy atom. The molecule has 3 rings (SSSR count). The predicted octanol–water partition coefficient (Wildman–Crippen LogP) is 3.55. The third-order valence-electron chi connectivity index (χ3n) is 6.02. The molecule has 1 heterocycles. The van der Waals surface area contributed by atoms with Crippen molar-refractivity contribution >= 4 is 0 Å². The van der Waals surface area contributed by atoms with E-state index in [0.29, 0.717) is 11.5 Å². The normalized spacial score (nSPS) is 32.4. The SMILES string of the molecule is CCC(CC)n1ccc(CC2(CN)CC3CCC2C3)n1. The molecule has 3 unspecified atom stereocenters. The molecule has 0 radical (unpaired) electrons. The van der Waals surface area contributed by atoms with Crippen LogP contribution >= 0.6 is 0 Å². The van der Waals surface area contributed by atoms with Gasteiger partial charge in [0.1, 0.15) is 0 Å². The smallest absolute Gasteiger partial charge is 0.0630 e. The van der Waals surface area contributed by atoms with E-state index < -0.39 is 0 Å². The lowest BCUT2D eigenvalue weighted by molar-refractivity contribution is 0.169. The Balaban J connectivity index is 1.74. The van der Waals surface area contributed by atoms with Gasteiger partial charge in [-0.1, -0.05) is 20.3 Å². The van der Waals surface area contributed by atoms with Crippen LogP contribution in [0.4, 0.5) is 0 Å². The van der Waals surface area contributed by atoms with Gasteiger partial charge in [-0.3, -0.25) is 4.68 Å². The second-order valence-corrected chi connectivity index (χ2v) is 7.08. The van der Waals surface area contributed by atoms with Crippen LogP contribution in [0.1, 0.15) is 64.1 Å². The highest BCUT2D eigenvalue weighted by molar-refractivity contribution is 5.10. The Kier molecular flexibility index (Phi) is 3.89. The Bertz CT molecular complexity index is 449. The van der Waals surface area contributed by atoms with E-state index in [1.807, 2.05) is 0 Å². The highest BCUT2D eigenvalue weighted by Crippen LogP contribution is 2.56. The lowest BCUT2D eigenvalue weighted by Crippen LogP contribution is -2.38. The van der Waals surface area contributed by atoms with Crippen molar-refractivity contribution in [3.8, 4) is 0 Å². The lowest BCUT2D eigenvalue weighted by Gasteiger charge is -2.36. The van der Waals surface area contributed by atoms with Crippen LogP contribution in [0.25, 0.3) is 0 Å². The summed E-state index contributed by atoms with van der Waals surface area (Å²) in [5.74, 6) is 1.81. The van der Waals surface area contributed by atoms with Gasteiger partial charge in [-0.15, -0.1) is 0 Å². The van der Waals surface area contributed by atoms with Gasteiger partial charge in [-0.05, 0) is 68.4 Å². The van der Waals surface area contributed by atoms with Crippen LogP contribution in [0.5, 0.6) is 0 Å². The monoisotopic (exact) mass is 275 g/mol. The summed E-state index contributed by atoms with van der Waals surface area (Å²) in [6.07, 6.45) is 11.2. The zero-order chi connectivity index (χ0) is 14.2. The van der Waals surface area contributed by atoms with Crippen molar-refractivity contribution in [1.82, 2.24) is 9.78 Å². The number of aromatic nitrogens is 2. The molecule has 0 aliphatic heterocycles. The number of nitrogens with zero attached hydrogens (tertiary/aromatic N) is 2. The quantitative estimate of drug-likeness (QED) is 0.862. The Morgan fingerprint density at radius 1 is 1.40 bits per heavy atom. The van der Waals surface area contributed by atoms with Gasteiger partial charge in [0, 0.05) is 6.20 Å². The van der Waals surface area contributed by atoms with Crippen LogP contribution < -0.4 is 5.73 Å². The van der Waals surface area contributed by atoms with Gasteiger partial charge in [-0.25, -0.2) is 0 Å². The first kappa shape index (κ1) is 14.1. The molecule has 2 aliphatic rings. The van der Waals surface area contributed by atoms with Gasteiger partial charge in [0.05, 0.1) is 11.7 Å². The first-order valence-corrected chi connectivity index (χ1v) is 8.45. The van der Waals surface area contributed by atoms with E-state index in [9.17, 15) is 0 Å². The molecule has 0 aromatic carbocycles. The minimum Gasteiger partial charge on any atom is -0.330 e. The summed E-state index contributed by atoms with van der Waals surface area (Å²) in [4.78, 5) is 0. The van der Waals surface area contributed by atoms with E-state index in [-0.39, 0.29) is 0 Å². The summed E-state index contributed by atoms with van der Waals surface area (Å²) in [7, 11) is 0. The van der Waals surface area contributed by atoms with Gasteiger partial charge < -0.3 is 5.73 Å². The van der Waals surface area contributed by atoms with Crippen molar-refractivity contribution < 1.29 is 0 Å². The molecule has 2 N–H and O–H groups in total. The molecule has 0 spiro atoms. The maximum absolute atomic E-state index is 6.19. The summed E-state index contributed by atoms with van der Waals surface area (Å²) < 4.78 is 2.17. The molecule has 2 fully saturated rings. The van der Waals surface area contributed by atoms with Gasteiger partial charge in [0.2, 0.25) is 0 Å². The summed E-state index contributed by atoms with van der Waals surface area (Å²) >= 11 is 0. The molecule has 2 bridgehead atoms. The molecule has 0 saturated heterocycles. The fraction of sp³-hybridized carbons (Fsp3) is 0.824. The molecule has 3 nitrogen and oxygen atoms in total. The minimum atomic E-state index is 0.357. The van der Waals surface area contributed by atoms with Crippen LogP contribution in [-0.2, 0) is 6.42 Å². The second-order valence-electron chi connectivity index (χ2n) is 7.08. The number of fused-ring (bicyclic) bond motifs is 2. The molecule has 112 valence electrons. The fourth-order valence-corrected chi connectivity index (χ4v) is 4.80. The van der Waals surface area contributed by atoms with E-state index in [1.54, 1.807) is 0 Å². The van der Waals surface area contributed by atoms with Crippen molar-refractivity contribution in [1.29, 1.82) is 0 Å². The van der Waals surface area contributed by atoms with Gasteiger partial charge in [0.25, 0.3) is 0 Å². The summed E-state index contributed by atoms with van der Waals surface area (Å²) in [6, 6.07) is 2.78. The van der Waals surface area contributed by atoms with E-state index in [4.69, 9.17) is 10.8 Å². The number of hydrogen-bond acceptors (Lipinski definition) is 2. The van der Waals surface area contributed by atoms with Crippen LogP contribution in [0.15, 0.2) is 12.3 Å². The zero-order valence-electron chi connectivity index (χ0n) is 13.0. The van der Waals surface area contributed by atoms with E-state index in [1.165, 1.54) is 31.4 Å². The van der Waals surface area contributed by atoms with Crippen molar-refractivity contribution in [2.75, 3.05) is 6.54 Å². The summed E-state index contributed by atoms with van der Waals surface area (Å²) in [5.41, 5.74) is 7.80. The molecule has 2 saturated carbocycles. The topological polar surface area (TPSA) is 43.8 Å². The van der Waals surface area contributed by atoms with Gasteiger partial charge in [0.15, 0.2) is 0 Å². The van der Waals surface area contributed by atoms with Gasteiger partial charge >= 0.3 is 0 Å². The molecule has 20 heavy (non-hydrogen) atoms. The van der Waals surface area contributed by atoms with Crippen molar-refractivity contribution in [2.45, 2.75) is 64.8 Å². The number of hydrogen-bond donors (Lipinski definition) is 1. The molecular weight excluding hydrogens is 246 g/mol. The van der Waals surface area contributed by atoms with Crippen molar-refractivity contribution in [2.24, 2.45) is 23.0 Å². The first-order valence-electron chi connectivity index (χ1n) is 8.45. The number of rotatable bonds is 6. The maximum atomic E-state index is 6.19. The lowest BCUT2D eigenvalue weighted by atomic mass is 9.70. The zero-order valence-corrected chi connectivity index (χ0v) is 13.0. The molecule has 0 amide bonds. The number of nitrogens with two attached hydrogens (primary N) is 1. The second kappa shape index (κ2) is 5.51. The average molecular weight is 275 g/mol. The van der Waals surface area contributed by atoms with E-state index in [2.05, 4.69) is 30.8 Å². The van der Waals surface area contributed by atoms with E-state index in [0.717, 1.165) is 37.6 Å². The predicted molar refractivity (Wildman–Crippen MR) is 82.5 cm³/mol. The molecule has 2 aliphatic carbocycles. The highest BCUT2D eigenvalue weighted by Gasteiger charge is 2.50. The average Bonchev–Trinajstić information content (AvgIpc) is 3.16. The van der Waals surface area contributed by atoms with Crippen LogP contribution in [0.3, 0.4) is 0 Å². The third kappa shape index (κ3) is 2.30. The Labute approximate surface area is 122 Å². The Morgan fingerprint density at radius 3 is 2.75 bits per heavy atom. The molecular formula is C17H29N3. The van der Waals surface area contributed by atoms with E-state index >= 15 is 0 Å². The largest absolute Gasteiger partial charge is 0.330 e. The molecule has 3 heteroatoms. The molecule has 3 atom stereocenters. The molecule has 1 aromatic rings. The van der Waals surface area contributed by atoms with Crippen molar-refractivity contribution in [3.05, 3.63) is 18.0 Å². The maximum Gasteiger partial charge on any atom is 0.0630 e. The van der Waals surface area contributed by atoms with Crippen LogP contribution in [0.2, 0.25) is 0 Å². The highest BCUT2D eigenvalue weighted by atomic mass is 15.3. The standard InChI is InChI=1S/C17H29N3/c1-3-16(4-2)20-8-7-15(19-20)11-17(12-18)10-13-5-6-14(17)9-13/h7-8,13-14,16H,3-6,9-12,18H2,1-2H3. The van der Waals surface area contributed by atoms with Gasteiger partial charge in [-0.2, -0.15) is 5.10 Å². The summed E-state index contributed by atoms with van der Waals surface area (Å²) in [5, 5.41) is 4.85. The minimum absolute atomic E-state index is 0.357.